The van der Waals surface area contributed by atoms with Crippen molar-refractivity contribution in [1.29, 1.82) is 5.26 Å². The Labute approximate surface area is 124 Å². The van der Waals surface area contributed by atoms with E-state index >= 15 is 0 Å². The van der Waals surface area contributed by atoms with Crippen molar-refractivity contribution >= 4 is 5.69 Å². The molecule has 21 heavy (non-hydrogen) atoms. The molecule has 0 N–H and O–H groups in total. The maximum atomic E-state index is 14.1. The lowest BCUT2D eigenvalue weighted by Gasteiger charge is -2.45. The van der Waals surface area contributed by atoms with Crippen LogP contribution in [0.3, 0.4) is 0 Å². The third-order valence-electron chi connectivity index (χ3n) is 5.20. The molecule has 3 rings (SSSR count). The van der Waals surface area contributed by atoms with Crippen LogP contribution in [0.1, 0.15) is 50.5 Å². The van der Waals surface area contributed by atoms with Gasteiger partial charge in [0.15, 0.2) is 11.6 Å². The molecule has 1 aromatic rings. The minimum atomic E-state index is -0.619. The highest BCUT2D eigenvalue weighted by Crippen LogP contribution is 2.45. The molecule has 2 fully saturated rings. The number of rotatable bonds is 1. The van der Waals surface area contributed by atoms with E-state index in [9.17, 15) is 8.78 Å². The zero-order valence-corrected chi connectivity index (χ0v) is 12.2. The fourth-order valence-corrected chi connectivity index (χ4v) is 3.94. The lowest BCUT2D eigenvalue weighted by atomic mass is 9.68. The van der Waals surface area contributed by atoms with Crippen molar-refractivity contribution in [3.8, 4) is 6.07 Å². The molecule has 0 amide bonds. The minimum absolute atomic E-state index is 0.0366. The lowest BCUT2D eigenvalue weighted by Crippen LogP contribution is -2.41. The molecule has 1 heterocycles. The van der Waals surface area contributed by atoms with Gasteiger partial charge < -0.3 is 4.90 Å². The molecule has 1 aliphatic carbocycles. The van der Waals surface area contributed by atoms with E-state index in [4.69, 9.17) is 5.26 Å². The van der Waals surface area contributed by atoms with E-state index < -0.39 is 11.6 Å². The number of nitriles is 1. The second-order valence-electron chi connectivity index (χ2n) is 6.45. The molecule has 1 saturated heterocycles. The smallest absolute Gasteiger partial charge is 0.150 e. The lowest BCUT2D eigenvalue weighted by molar-refractivity contribution is 0.144. The summed E-state index contributed by atoms with van der Waals surface area (Å²) in [7, 11) is 0. The highest BCUT2D eigenvalue weighted by Gasteiger charge is 2.36. The quantitative estimate of drug-likeness (QED) is 0.767. The number of halogens is 2. The Morgan fingerprint density at radius 2 is 1.52 bits per heavy atom. The summed E-state index contributed by atoms with van der Waals surface area (Å²) >= 11 is 0. The fraction of sp³-hybridized carbons (Fsp3) is 0.588. The van der Waals surface area contributed by atoms with Gasteiger partial charge in [-0.15, -0.1) is 0 Å². The van der Waals surface area contributed by atoms with Gasteiger partial charge in [-0.05, 0) is 43.2 Å². The first-order valence-corrected chi connectivity index (χ1v) is 7.78. The number of hydrogen-bond acceptors (Lipinski definition) is 2. The molecule has 0 unspecified atom stereocenters. The topological polar surface area (TPSA) is 27.0 Å². The first kappa shape index (κ1) is 14.3. The SMILES string of the molecule is N#Cc1cc(F)c(N2CCC3(CCCCC3)CC2)c(F)c1. The molecule has 1 spiro atoms. The van der Waals surface area contributed by atoms with Crippen LogP contribution in [0.4, 0.5) is 14.5 Å². The number of piperidine rings is 1. The van der Waals surface area contributed by atoms with Crippen LogP contribution in [-0.4, -0.2) is 13.1 Å². The second-order valence-corrected chi connectivity index (χ2v) is 6.45. The van der Waals surface area contributed by atoms with Crippen molar-refractivity contribution in [2.24, 2.45) is 5.41 Å². The maximum absolute atomic E-state index is 14.1. The molecule has 0 aromatic heterocycles. The van der Waals surface area contributed by atoms with E-state index in [1.807, 2.05) is 4.90 Å². The summed E-state index contributed by atoms with van der Waals surface area (Å²) in [5.41, 5.74) is 0.489. The molecule has 2 aliphatic rings. The Morgan fingerprint density at radius 3 is 2.05 bits per heavy atom. The largest absolute Gasteiger partial charge is 0.367 e. The van der Waals surface area contributed by atoms with Gasteiger partial charge in [0.2, 0.25) is 0 Å². The Hall–Kier alpha value is -1.63. The van der Waals surface area contributed by atoms with Crippen molar-refractivity contribution in [2.75, 3.05) is 18.0 Å². The molecule has 0 atom stereocenters. The summed E-state index contributed by atoms with van der Waals surface area (Å²) in [5.74, 6) is -1.24. The average molecular weight is 290 g/mol. The summed E-state index contributed by atoms with van der Waals surface area (Å²) in [6.45, 7) is 1.42. The van der Waals surface area contributed by atoms with Crippen LogP contribution in [0.2, 0.25) is 0 Å². The van der Waals surface area contributed by atoms with Gasteiger partial charge in [0.25, 0.3) is 0 Å². The van der Waals surface area contributed by atoms with Gasteiger partial charge in [-0.25, -0.2) is 8.78 Å². The van der Waals surface area contributed by atoms with E-state index in [0.29, 0.717) is 18.5 Å². The van der Waals surface area contributed by atoms with Crippen LogP contribution in [0, 0.1) is 28.4 Å². The van der Waals surface area contributed by atoms with Crippen LogP contribution in [0.25, 0.3) is 0 Å². The van der Waals surface area contributed by atoms with Gasteiger partial charge in [0.05, 0.1) is 11.6 Å². The summed E-state index contributed by atoms with van der Waals surface area (Å²) in [4.78, 5) is 1.81. The predicted octanol–water partition coefficient (Wildman–Crippen LogP) is 4.39. The van der Waals surface area contributed by atoms with Crippen LogP contribution >= 0.6 is 0 Å². The molecule has 112 valence electrons. The molecule has 0 bridgehead atoms. The molecular weight excluding hydrogens is 270 g/mol. The van der Waals surface area contributed by atoms with Crippen molar-refractivity contribution < 1.29 is 8.78 Å². The third-order valence-corrected chi connectivity index (χ3v) is 5.20. The number of anilines is 1. The molecular formula is C17H20F2N2. The first-order valence-electron chi connectivity index (χ1n) is 7.78. The second kappa shape index (κ2) is 5.63. The molecule has 4 heteroatoms. The van der Waals surface area contributed by atoms with Crippen molar-refractivity contribution in [3.63, 3.8) is 0 Å². The molecule has 1 aromatic carbocycles. The van der Waals surface area contributed by atoms with Gasteiger partial charge >= 0.3 is 0 Å². The fourth-order valence-electron chi connectivity index (χ4n) is 3.94. The van der Waals surface area contributed by atoms with Gasteiger partial charge in [-0.2, -0.15) is 5.26 Å². The Balaban J connectivity index is 1.77. The molecule has 0 radical (unpaired) electrons. The van der Waals surface area contributed by atoms with E-state index in [0.717, 1.165) is 25.0 Å². The Bertz CT molecular complexity index is 538. The summed E-state index contributed by atoms with van der Waals surface area (Å²) in [6.07, 6.45) is 8.47. The summed E-state index contributed by atoms with van der Waals surface area (Å²) in [5, 5.41) is 8.76. The number of hydrogen-bond donors (Lipinski definition) is 0. The Kier molecular flexibility index (Phi) is 3.84. The maximum Gasteiger partial charge on any atom is 0.150 e. The van der Waals surface area contributed by atoms with E-state index in [2.05, 4.69) is 0 Å². The number of nitrogens with zero attached hydrogens (tertiary/aromatic N) is 2. The van der Waals surface area contributed by atoms with E-state index in [1.165, 1.54) is 32.1 Å². The van der Waals surface area contributed by atoms with E-state index in [1.54, 1.807) is 6.07 Å². The zero-order chi connectivity index (χ0) is 14.9. The molecule has 1 aliphatic heterocycles. The predicted molar refractivity (Wildman–Crippen MR) is 78.0 cm³/mol. The first-order chi connectivity index (χ1) is 10.1. The van der Waals surface area contributed by atoms with Crippen LogP contribution < -0.4 is 4.90 Å². The van der Waals surface area contributed by atoms with Crippen LogP contribution in [0.5, 0.6) is 0 Å². The van der Waals surface area contributed by atoms with Gasteiger partial charge in [-0.3, -0.25) is 0 Å². The van der Waals surface area contributed by atoms with E-state index in [-0.39, 0.29) is 11.3 Å². The number of benzene rings is 1. The normalized spacial score (nSPS) is 21.3. The standard InChI is InChI=1S/C17H20F2N2/c18-14-10-13(12-20)11-15(19)16(14)21-8-6-17(7-9-21)4-2-1-3-5-17/h10-11H,1-9H2. The summed E-state index contributed by atoms with van der Waals surface area (Å²) < 4.78 is 28.2. The zero-order valence-electron chi connectivity index (χ0n) is 12.2. The van der Waals surface area contributed by atoms with Gasteiger partial charge in [-0.1, -0.05) is 19.3 Å². The molecule has 1 saturated carbocycles. The summed E-state index contributed by atoms with van der Waals surface area (Å²) in [6, 6.07) is 4.04. The van der Waals surface area contributed by atoms with Gasteiger partial charge in [0, 0.05) is 13.1 Å². The van der Waals surface area contributed by atoms with Crippen molar-refractivity contribution in [2.45, 2.75) is 44.9 Å². The minimum Gasteiger partial charge on any atom is -0.367 e. The third kappa shape index (κ3) is 2.74. The molecule has 2 nitrogen and oxygen atoms in total. The van der Waals surface area contributed by atoms with Crippen molar-refractivity contribution in [3.05, 3.63) is 29.3 Å². The highest BCUT2D eigenvalue weighted by molar-refractivity contribution is 5.53. The van der Waals surface area contributed by atoms with Gasteiger partial charge in [0.1, 0.15) is 5.69 Å². The Morgan fingerprint density at radius 1 is 0.952 bits per heavy atom. The average Bonchev–Trinajstić information content (AvgIpc) is 2.49. The highest BCUT2D eigenvalue weighted by atomic mass is 19.1. The van der Waals surface area contributed by atoms with Crippen molar-refractivity contribution in [1.82, 2.24) is 0 Å². The monoisotopic (exact) mass is 290 g/mol. The van der Waals surface area contributed by atoms with Crippen LogP contribution in [0.15, 0.2) is 12.1 Å². The van der Waals surface area contributed by atoms with Crippen LogP contribution in [-0.2, 0) is 0 Å².